The predicted octanol–water partition coefficient (Wildman–Crippen LogP) is 1.07. The molecule has 0 fully saturated rings. The molecule has 1 nitrogen and oxygen atoms in total. The van der Waals surface area contributed by atoms with Gasteiger partial charge in [-0.25, -0.2) is 0 Å². The Kier molecular flexibility index (Phi) is 8.11. The molecule has 0 saturated heterocycles. The van der Waals surface area contributed by atoms with E-state index >= 15 is 0 Å². The van der Waals surface area contributed by atoms with Gasteiger partial charge in [-0.2, -0.15) is 0 Å². The van der Waals surface area contributed by atoms with Crippen LogP contribution in [-0.4, -0.2) is 5.92 Å². The molecule has 32 heavy (non-hydrogen) atoms. The number of halogens is 2. The maximum Gasteiger partial charge on any atom is -1.00 e. The molecule has 2 aliphatic carbocycles. The zero-order chi connectivity index (χ0) is 21.0. The number of hydrogen-bond acceptors (Lipinski definition) is 1. The van der Waals surface area contributed by atoms with Gasteiger partial charge in [0.2, 0.25) is 0 Å². The number of fused-ring (bicyclic) bond motifs is 4. The van der Waals surface area contributed by atoms with Crippen LogP contribution in [0.1, 0.15) is 50.0 Å². The molecule has 165 valence electrons. The molecule has 3 aromatic rings. The molecule has 0 spiro atoms. The second-order valence-electron chi connectivity index (χ2n) is 9.08. The summed E-state index contributed by atoms with van der Waals surface area (Å²) in [6.07, 6.45) is 2.53. The van der Waals surface area contributed by atoms with E-state index in [-0.39, 0.29) is 30.9 Å². The fourth-order valence-corrected chi connectivity index (χ4v) is 20.5. The normalized spacial score (nSPS) is 15.9. The average molecular weight is 560 g/mol. The smallest absolute Gasteiger partial charge is 1.00 e. The first-order valence-corrected chi connectivity index (χ1v) is 20.5. The van der Waals surface area contributed by atoms with Crippen molar-refractivity contribution >= 4 is 12.0 Å². The van der Waals surface area contributed by atoms with Crippen LogP contribution in [0.25, 0.3) is 17.2 Å². The van der Waals surface area contributed by atoms with Crippen LogP contribution in [0, 0.1) is 13.8 Å². The van der Waals surface area contributed by atoms with E-state index in [4.69, 9.17) is 2.81 Å². The predicted molar refractivity (Wildman–Crippen MR) is 126 cm³/mol. The summed E-state index contributed by atoms with van der Waals surface area (Å²) in [6.45, 7) is 11.8. The first-order chi connectivity index (χ1) is 14.5. The zero-order valence-corrected chi connectivity index (χ0v) is 24.4. The summed E-state index contributed by atoms with van der Waals surface area (Å²) >= 11 is -2.26. The van der Waals surface area contributed by atoms with Crippen LogP contribution in [0.3, 0.4) is 0 Å². The molecule has 0 bridgehead atoms. The summed E-state index contributed by atoms with van der Waals surface area (Å²) in [5.41, 5.74) is 12.9. The molecule has 3 aromatic carbocycles. The first-order valence-electron chi connectivity index (χ1n) is 11.0. The Morgan fingerprint density at radius 1 is 0.750 bits per heavy atom. The Hall–Kier alpha value is -0.960. The van der Waals surface area contributed by atoms with Crippen LogP contribution < -0.4 is 24.8 Å². The van der Waals surface area contributed by atoms with E-state index in [1.54, 1.807) is 0 Å². The van der Waals surface area contributed by atoms with Gasteiger partial charge in [-0.15, -0.1) is 0 Å². The van der Waals surface area contributed by atoms with Gasteiger partial charge in [0.15, 0.2) is 0 Å². The molecule has 0 radical (unpaired) electrons. The Bertz CT molecular complexity index is 1130. The Labute approximate surface area is 214 Å². The van der Waals surface area contributed by atoms with Gasteiger partial charge in [0.25, 0.3) is 0 Å². The molecule has 1 atom stereocenters. The maximum atomic E-state index is 7.34. The van der Waals surface area contributed by atoms with Gasteiger partial charge in [-0.05, 0) is 0 Å². The molecule has 0 heterocycles. The van der Waals surface area contributed by atoms with Crippen molar-refractivity contribution in [3.63, 3.8) is 0 Å². The molecule has 0 aromatic heterocycles. The summed E-state index contributed by atoms with van der Waals surface area (Å²) in [5.74, 6) is -0.935. The van der Waals surface area contributed by atoms with Crippen molar-refractivity contribution in [2.75, 3.05) is 0 Å². The van der Waals surface area contributed by atoms with Gasteiger partial charge in [-0.1, -0.05) is 0 Å². The van der Waals surface area contributed by atoms with Crippen molar-refractivity contribution in [3.8, 4) is 11.1 Å². The summed E-state index contributed by atoms with van der Waals surface area (Å²) < 4.78 is 7.86. The van der Waals surface area contributed by atoms with Crippen molar-refractivity contribution in [2.45, 2.75) is 43.6 Å². The zero-order valence-electron chi connectivity index (χ0n) is 19.2. The van der Waals surface area contributed by atoms with E-state index in [1.165, 1.54) is 50.1 Å². The second-order valence-corrected chi connectivity index (χ2v) is 27.2. The van der Waals surface area contributed by atoms with Gasteiger partial charge < -0.3 is 24.8 Å². The molecular weight excluding hydrogens is 531 g/mol. The molecule has 2 aliphatic rings. The molecule has 0 saturated carbocycles. The van der Waals surface area contributed by atoms with Crippen molar-refractivity contribution in [1.29, 1.82) is 0 Å². The molecule has 1 unspecified atom stereocenters. The van der Waals surface area contributed by atoms with Crippen LogP contribution in [0.2, 0.25) is 13.1 Å². The minimum atomic E-state index is -2.26. The summed E-state index contributed by atoms with van der Waals surface area (Å²) in [4.78, 5) is 0. The molecule has 0 aliphatic heterocycles. The van der Waals surface area contributed by atoms with Crippen molar-refractivity contribution < 1.29 is 49.0 Å². The van der Waals surface area contributed by atoms with E-state index in [0.29, 0.717) is 3.63 Å². The minimum Gasteiger partial charge on any atom is -1.00 e. The summed E-state index contributed by atoms with van der Waals surface area (Å²) in [7, 11) is 0. The summed E-state index contributed by atoms with van der Waals surface area (Å²) in [5, 5.41) is 0. The average Bonchev–Trinajstić information content (AvgIpc) is 3.25. The van der Waals surface area contributed by atoms with Crippen LogP contribution in [0.15, 0.2) is 66.2 Å². The summed E-state index contributed by atoms with van der Waals surface area (Å²) in [6, 6.07) is 22.6. The van der Waals surface area contributed by atoms with Crippen LogP contribution in [0.4, 0.5) is 0 Å². The molecule has 0 amide bonds. The number of hydrogen-bond donors (Lipinski definition) is 0. The van der Waals surface area contributed by atoms with E-state index in [1.807, 2.05) is 0 Å². The Balaban J connectivity index is 0.00000144. The third-order valence-corrected chi connectivity index (χ3v) is 23.2. The van der Waals surface area contributed by atoms with Gasteiger partial charge in [-0.3, -0.25) is 0 Å². The number of benzene rings is 3. The van der Waals surface area contributed by atoms with Crippen molar-refractivity contribution in [3.05, 3.63) is 99.6 Å². The fourth-order valence-electron chi connectivity index (χ4n) is 5.21. The third-order valence-electron chi connectivity index (χ3n) is 6.71. The van der Waals surface area contributed by atoms with Gasteiger partial charge in [0.1, 0.15) is 0 Å². The van der Waals surface area contributed by atoms with Gasteiger partial charge in [0.05, 0.1) is 0 Å². The monoisotopic (exact) mass is 557 g/mol. The maximum absolute atomic E-state index is 7.34. The van der Waals surface area contributed by atoms with E-state index in [9.17, 15) is 0 Å². The minimum absolute atomic E-state index is 0. The molecular formula is C27H29Cl2OSiZr. The van der Waals surface area contributed by atoms with Gasteiger partial charge >= 0.3 is 191 Å². The van der Waals surface area contributed by atoms with Crippen LogP contribution >= 0.6 is 0 Å². The van der Waals surface area contributed by atoms with Crippen molar-refractivity contribution in [1.82, 2.24) is 0 Å². The van der Waals surface area contributed by atoms with E-state index in [0.717, 1.165) is 0 Å². The molecule has 5 rings (SSSR count). The second kappa shape index (κ2) is 10.1. The molecule has 0 N–H and O–H groups in total. The number of aryl methyl sites for hydroxylation is 2. The van der Waals surface area contributed by atoms with E-state index in [2.05, 4.69) is 101 Å². The number of rotatable bonds is 4. The Morgan fingerprint density at radius 2 is 1.28 bits per heavy atom. The van der Waals surface area contributed by atoms with Crippen molar-refractivity contribution in [2.24, 2.45) is 0 Å². The SMILES string of the molecule is CC1=Cc2c(C)ccc(C)c2C1[O][Zr+2]([CH]1c2ccccc2-c2ccccc21)[SiH](C)C.[Cl-].[Cl-]. The third kappa shape index (κ3) is 4.17. The van der Waals surface area contributed by atoms with Crippen LogP contribution in [0.5, 0.6) is 0 Å². The van der Waals surface area contributed by atoms with Crippen LogP contribution in [-0.2, 0) is 24.2 Å². The Morgan fingerprint density at radius 3 is 1.84 bits per heavy atom. The van der Waals surface area contributed by atoms with Gasteiger partial charge in [0, 0.05) is 0 Å². The first kappa shape index (κ1) is 25.7. The standard InChI is InChI=1S/C13H9.C12H13O.C2H7Si.2ClH.Zr/c1-3-7-12-10(5-1)9-11-6-2-4-8-13(11)12;1-7-4-5-8(2)11-10(7)6-9(3)12(11)13;1-3-2;;;/h1-9H;4-6,12H,1-3H3;3H,1-2H3;2*1H;/q;-1;;;;+3/p-2. The topological polar surface area (TPSA) is 9.23 Å². The fraction of sp³-hybridized carbons (Fsp3) is 0.259. The molecule has 5 heteroatoms. The van der Waals surface area contributed by atoms with E-state index < -0.39 is 27.3 Å². The largest absolute Gasteiger partial charge is 1.00 e. The quantitative estimate of drug-likeness (QED) is 0.435.